The largest absolute Gasteiger partial charge is 0.370 e. The lowest BCUT2D eigenvalue weighted by Gasteiger charge is -2.34. The third-order valence-corrected chi connectivity index (χ3v) is 6.01. The Morgan fingerprint density at radius 1 is 1.00 bits per heavy atom. The predicted molar refractivity (Wildman–Crippen MR) is 124 cm³/mol. The number of imidazole rings is 1. The Kier molecular flexibility index (Phi) is 4.94. The van der Waals surface area contributed by atoms with Crippen molar-refractivity contribution in [3.63, 3.8) is 0 Å². The summed E-state index contributed by atoms with van der Waals surface area (Å²) in [7, 11) is 0. The number of rotatable bonds is 3. The lowest BCUT2D eigenvalue weighted by atomic mass is 9.96. The van der Waals surface area contributed by atoms with Gasteiger partial charge in [-0.05, 0) is 50.5 Å². The molecule has 3 heterocycles. The molecule has 3 N–H and O–H groups in total. The van der Waals surface area contributed by atoms with Crippen LogP contribution in [0, 0.1) is 19.7 Å². The van der Waals surface area contributed by atoms with Crippen molar-refractivity contribution in [2.24, 2.45) is 5.73 Å². The van der Waals surface area contributed by atoms with Crippen LogP contribution in [0.2, 0.25) is 0 Å². The van der Waals surface area contributed by atoms with Crippen LogP contribution in [0.5, 0.6) is 0 Å². The smallest absolute Gasteiger partial charge is 0.142 e. The molecule has 6 heteroatoms. The normalized spacial score (nSPS) is 15.0. The number of nitrogens with zero attached hydrogens (tertiary/aromatic N) is 3. The van der Waals surface area contributed by atoms with Crippen molar-refractivity contribution in [3.8, 4) is 22.5 Å². The van der Waals surface area contributed by atoms with Crippen LogP contribution >= 0.6 is 0 Å². The molecule has 0 atom stereocenters. The lowest BCUT2D eigenvalue weighted by molar-refractivity contribution is 0.501. The molecule has 4 aromatic rings. The summed E-state index contributed by atoms with van der Waals surface area (Å²) in [5.41, 5.74) is 14.3. The first-order chi connectivity index (χ1) is 15.0. The molecule has 0 aliphatic carbocycles. The third kappa shape index (κ3) is 3.79. The van der Waals surface area contributed by atoms with E-state index in [0.717, 1.165) is 53.8 Å². The van der Waals surface area contributed by atoms with Crippen LogP contribution in [0.1, 0.15) is 24.0 Å². The summed E-state index contributed by atoms with van der Waals surface area (Å²) in [6.07, 6.45) is 5.67. The van der Waals surface area contributed by atoms with Crippen molar-refractivity contribution in [1.82, 2.24) is 15.0 Å². The highest BCUT2D eigenvalue weighted by Crippen LogP contribution is 2.40. The Hall–Kier alpha value is -3.25. The van der Waals surface area contributed by atoms with E-state index in [0.29, 0.717) is 11.3 Å². The molecule has 158 valence electrons. The number of pyridine rings is 1. The van der Waals surface area contributed by atoms with Gasteiger partial charge in [-0.15, -0.1) is 0 Å². The molecule has 2 aromatic carbocycles. The molecular weight excluding hydrogens is 389 g/mol. The topological polar surface area (TPSA) is 70.8 Å². The van der Waals surface area contributed by atoms with E-state index in [1.165, 1.54) is 23.3 Å². The van der Waals surface area contributed by atoms with Gasteiger partial charge in [-0.25, -0.2) is 9.37 Å². The molecule has 1 aliphatic heterocycles. The van der Waals surface area contributed by atoms with E-state index in [1.807, 2.05) is 12.4 Å². The number of aromatic amines is 1. The van der Waals surface area contributed by atoms with Gasteiger partial charge >= 0.3 is 0 Å². The van der Waals surface area contributed by atoms with E-state index in [2.05, 4.69) is 46.9 Å². The molecule has 0 spiro atoms. The van der Waals surface area contributed by atoms with Crippen LogP contribution in [0.25, 0.3) is 33.5 Å². The van der Waals surface area contributed by atoms with Crippen LogP contribution in [0.4, 0.5) is 10.1 Å². The number of halogens is 1. The first kappa shape index (κ1) is 19.7. The SMILES string of the molecule is Cc1cc(C)cc(-c2cncc(-c3nc4ccc(F)cc4[nH]3)c2N2CCC(N)CC2)c1. The fourth-order valence-corrected chi connectivity index (χ4v) is 4.54. The zero-order valence-electron chi connectivity index (χ0n) is 17.8. The molecule has 2 aromatic heterocycles. The lowest BCUT2D eigenvalue weighted by Crippen LogP contribution is -2.40. The van der Waals surface area contributed by atoms with Crippen molar-refractivity contribution in [2.45, 2.75) is 32.7 Å². The Balaban J connectivity index is 1.71. The number of anilines is 1. The van der Waals surface area contributed by atoms with Crippen molar-refractivity contribution in [3.05, 3.63) is 65.7 Å². The summed E-state index contributed by atoms with van der Waals surface area (Å²) in [5.74, 6) is 0.416. The predicted octanol–water partition coefficient (Wildman–Crippen LogP) is 4.98. The number of aromatic nitrogens is 3. The second-order valence-electron chi connectivity index (χ2n) is 8.53. The summed E-state index contributed by atoms with van der Waals surface area (Å²) in [5, 5.41) is 0. The maximum atomic E-state index is 13.7. The number of hydrogen-bond donors (Lipinski definition) is 2. The molecule has 1 aliphatic rings. The summed E-state index contributed by atoms with van der Waals surface area (Å²) in [6, 6.07) is 11.4. The van der Waals surface area contributed by atoms with Gasteiger partial charge in [0, 0.05) is 37.1 Å². The minimum Gasteiger partial charge on any atom is -0.370 e. The van der Waals surface area contributed by atoms with E-state index in [-0.39, 0.29) is 11.9 Å². The molecule has 5 nitrogen and oxygen atoms in total. The molecule has 0 radical (unpaired) electrons. The molecule has 0 amide bonds. The fourth-order valence-electron chi connectivity index (χ4n) is 4.54. The molecule has 1 fully saturated rings. The molecular formula is C25H26FN5. The number of H-pyrrole nitrogens is 1. The van der Waals surface area contributed by atoms with E-state index < -0.39 is 0 Å². The second kappa shape index (κ2) is 7.78. The summed E-state index contributed by atoms with van der Waals surface area (Å²) >= 11 is 0. The molecule has 0 saturated carbocycles. The minimum atomic E-state index is -0.282. The second-order valence-corrected chi connectivity index (χ2v) is 8.53. The number of piperidine rings is 1. The van der Waals surface area contributed by atoms with Crippen LogP contribution in [-0.2, 0) is 0 Å². The highest BCUT2D eigenvalue weighted by Gasteiger charge is 2.24. The maximum absolute atomic E-state index is 13.7. The standard InChI is InChI=1S/C25H26FN5/c1-15-9-16(2)11-17(10-15)20-13-28-14-21(24(20)31-7-5-19(27)6-8-31)25-29-22-4-3-18(26)12-23(22)30-25/h3-4,9-14,19H,5-8,27H2,1-2H3,(H,29,30). The van der Waals surface area contributed by atoms with E-state index in [4.69, 9.17) is 10.7 Å². The summed E-state index contributed by atoms with van der Waals surface area (Å²) in [6.45, 7) is 5.98. The Labute approximate surface area is 181 Å². The summed E-state index contributed by atoms with van der Waals surface area (Å²) in [4.78, 5) is 15.0. The van der Waals surface area contributed by atoms with E-state index in [1.54, 1.807) is 6.07 Å². The molecule has 0 bridgehead atoms. The van der Waals surface area contributed by atoms with Crippen molar-refractivity contribution >= 4 is 16.7 Å². The number of hydrogen-bond acceptors (Lipinski definition) is 4. The quantitative estimate of drug-likeness (QED) is 0.495. The number of aryl methyl sites for hydroxylation is 2. The molecule has 31 heavy (non-hydrogen) atoms. The van der Waals surface area contributed by atoms with Gasteiger partial charge in [-0.2, -0.15) is 0 Å². The number of nitrogens with one attached hydrogen (secondary N) is 1. The molecule has 5 rings (SSSR count). The Morgan fingerprint density at radius 2 is 1.71 bits per heavy atom. The fraction of sp³-hybridized carbons (Fsp3) is 0.280. The number of fused-ring (bicyclic) bond motifs is 1. The first-order valence-electron chi connectivity index (χ1n) is 10.7. The number of benzene rings is 2. The average molecular weight is 416 g/mol. The van der Waals surface area contributed by atoms with Gasteiger partial charge in [0.15, 0.2) is 0 Å². The summed E-state index contributed by atoms with van der Waals surface area (Å²) < 4.78 is 13.7. The average Bonchev–Trinajstić information content (AvgIpc) is 3.16. The number of nitrogens with two attached hydrogens (primary N) is 1. The van der Waals surface area contributed by atoms with Gasteiger partial charge in [-0.3, -0.25) is 4.98 Å². The zero-order chi connectivity index (χ0) is 21.5. The van der Waals surface area contributed by atoms with Gasteiger partial charge in [0.05, 0.1) is 22.3 Å². The van der Waals surface area contributed by atoms with Crippen LogP contribution < -0.4 is 10.6 Å². The highest BCUT2D eigenvalue weighted by molar-refractivity contribution is 5.91. The first-order valence-corrected chi connectivity index (χ1v) is 10.7. The van der Waals surface area contributed by atoms with Crippen LogP contribution in [0.15, 0.2) is 48.8 Å². The van der Waals surface area contributed by atoms with Gasteiger partial charge in [-0.1, -0.05) is 29.3 Å². The molecule has 0 unspecified atom stereocenters. The highest BCUT2D eigenvalue weighted by atomic mass is 19.1. The van der Waals surface area contributed by atoms with E-state index in [9.17, 15) is 4.39 Å². The van der Waals surface area contributed by atoms with Crippen molar-refractivity contribution < 1.29 is 4.39 Å². The van der Waals surface area contributed by atoms with Crippen LogP contribution in [0.3, 0.4) is 0 Å². The van der Waals surface area contributed by atoms with Gasteiger partial charge in [0.1, 0.15) is 11.6 Å². The Bertz CT molecular complexity index is 1230. The third-order valence-electron chi connectivity index (χ3n) is 6.01. The Morgan fingerprint density at radius 3 is 2.45 bits per heavy atom. The van der Waals surface area contributed by atoms with Gasteiger partial charge in [0.2, 0.25) is 0 Å². The monoisotopic (exact) mass is 415 g/mol. The van der Waals surface area contributed by atoms with Crippen LogP contribution in [-0.4, -0.2) is 34.1 Å². The minimum absolute atomic E-state index is 0.236. The van der Waals surface area contributed by atoms with E-state index >= 15 is 0 Å². The van der Waals surface area contributed by atoms with Crippen molar-refractivity contribution in [1.29, 1.82) is 0 Å². The maximum Gasteiger partial charge on any atom is 0.142 e. The van der Waals surface area contributed by atoms with Crippen molar-refractivity contribution in [2.75, 3.05) is 18.0 Å². The molecule has 1 saturated heterocycles. The van der Waals surface area contributed by atoms with Gasteiger partial charge in [0.25, 0.3) is 0 Å². The zero-order valence-corrected chi connectivity index (χ0v) is 17.8. The van der Waals surface area contributed by atoms with Gasteiger partial charge < -0.3 is 15.6 Å².